The number of fused-ring (bicyclic) bond motifs is 1. The van der Waals surface area contributed by atoms with E-state index in [2.05, 4.69) is 4.18 Å². The average Bonchev–Trinajstić information content (AvgIpc) is 2.71. The van der Waals surface area contributed by atoms with Gasteiger partial charge < -0.3 is 15.0 Å². The topological polar surface area (TPSA) is 124 Å². The van der Waals surface area contributed by atoms with E-state index < -0.39 is 51.5 Å². The van der Waals surface area contributed by atoms with Crippen molar-refractivity contribution in [3.05, 3.63) is 0 Å². The Morgan fingerprint density at radius 3 is 2.44 bits per heavy atom. The molecule has 7 nitrogen and oxygen atoms in total. The number of rotatable bonds is 3. The average molecular weight is 281 g/mol. The summed E-state index contributed by atoms with van der Waals surface area (Å²) < 4.78 is 39.4. The number of aliphatic carboxylic acids is 1. The Balaban J connectivity index is 2.21. The zero-order chi connectivity index (χ0) is 13.9. The quantitative estimate of drug-likeness (QED) is 0.627. The second-order valence-corrected chi connectivity index (χ2v) is 6.33. The maximum Gasteiger partial charge on any atom is 0.327 e. The highest BCUT2D eigenvalue weighted by atomic mass is 32.2. The number of hydrogen-bond donors (Lipinski definition) is 2. The highest BCUT2D eigenvalue weighted by Gasteiger charge is 2.78. The van der Waals surface area contributed by atoms with Crippen molar-refractivity contribution in [3.8, 4) is 0 Å². The monoisotopic (exact) mass is 281 g/mol. The Kier molecular flexibility index (Phi) is 2.67. The van der Waals surface area contributed by atoms with E-state index in [0.29, 0.717) is 6.26 Å². The van der Waals surface area contributed by atoms with Crippen LogP contribution in [-0.2, 0) is 23.9 Å². The van der Waals surface area contributed by atoms with E-state index in [1.54, 1.807) is 0 Å². The predicted octanol–water partition coefficient (Wildman–Crippen LogP) is -1.12. The van der Waals surface area contributed by atoms with E-state index in [1.165, 1.54) is 0 Å². The number of alkyl halides is 1. The zero-order valence-electron chi connectivity index (χ0n) is 9.37. The van der Waals surface area contributed by atoms with E-state index in [-0.39, 0.29) is 6.42 Å². The summed E-state index contributed by atoms with van der Waals surface area (Å²) >= 11 is 0. The van der Waals surface area contributed by atoms with Crippen LogP contribution >= 0.6 is 0 Å². The molecule has 2 rings (SSSR count). The minimum atomic E-state index is -4.02. The van der Waals surface area contributed by atoms with Gasteiger partial charge in [0.2, 0.25) is 0 Å². The van der Waals surface area contributed by atoms with Crippen LogP contribution in [0.25, 0.3) is 0 Å². The molecule has 0 aliphatic heterocycles. The number of carbonyl (C=O) groups excluding carboxylic acids is 1. The molecule has 5 unspecified atom stereocenters. The van der Waals surface area contributed by atoms with Crippen molar-refractivity contribution >= 4 is 22.1 Å². The summed E-state index contributed by atoms with van der Waals surface area (Å²) in [5, 5.41) is 8.86. The smallest absolute Gasteiger partial charge is 0.327 e. The lowest BCUT2D eigenvalue weighted by molar-refractivity contribution is -0.142. The van der Waals surface area contributed by atoms with Gasteiger partial charge in [-0.2, -0.15) is 8.42 Å². The summed E-state index contributed by atoms with van der Waals surface area (Å²) in [6.45, 7) is 0. The van der Waals surface area contributed by atoms with E-state index in [9.17, 15) is 22.4 Å². The second kappa shape index (κ2) is 3.64. The van der Waals surface area contributed by atoms with Gasteiger partial charge in [0.1, 0.15) is 6.17 Å². The Morgan fingerprint density at radius 2 is 2.06 bits per heavy atom. The lowest BCUT2D eigenvalue weighted by Gasteiger charge is -2.18. The molecule has 0 aromatic heterocycles. The van der Waals surface area contributed by atoms with Crippen molar-refractivity contribution in [1.29, 1.82) is 0 Å². The van der Waals surface area contributed by atoms with E-state index in [1.807, 2.05) is 0 Å². The Hall–Kier alpha value is -1.22. The Bertz CT molecular complexity index is 519. The molecule has 2 aliphatic carbocycles. The maximum atomic E-state index is 13.6. The van der Waals surface area contributed by atoms with Gasteiger partial charge in [-0.3, -0.25) is 9.59 Å². The van der Waals surface area contributed by atoms with Gasteiger partial charge in [-0.05, 0) is 6.42 Å². The summed E-state index contributed by atoms with van der Waals surface area (Å²) in [4.78, 5) is 22.4. The molecular formula is C9H12FNO6S. The number of carboxylic acids is 1. The summed E-state index contributed by atoms with van der Waals surface area (Å²) in [5.41, 5.74) is 4.20. The molecule has 102 valence electrons. The second-order valence-electron chi connectivity index (χ2n) is 4.75. The molecule has 9 heteroatoms. The number of carboxylic acid groups (broad SMARTS) is 1. The first-order chi connectivity index (χ1) is 8.09. The third-order valence-corrected chi connectivity index (χ3v) is 4.07. The molecule has 0 radical (unpaired) electrons. The molecule has 0 saturated heterocycles. The third kappa shape index (κ3) is 1.77. The van der Waals surface area contributed by atoms with Crippen LogP contribution in [0.2, 0.25) is 0 Å². The largest absolute Gasteiger partial charge is 0.481 e. The van der Waals surface area contributed by atoms with Crippen LogP contribution in [0, 0.1) is 17.8 Å². The predicted molar refractivity (Wildman–Crippen MR) is 55.5 cm³/mol. The number of nitrogens with two attached hydrogens (primary N) is 1. The van der Waals surface area contributed by atoms with Crippen LogP contribution < -0.4 is 5.73 Å². The third-order valence-electron chi connectivity index (χ3n) is 3.60. The highest BCUT2D eigenvalue weighted by Crippen LogP contribution is 2.63. The molecule has 0 amide bonds. The summed E-state index contributed by atoms with van der Waals surface area (Å²) in [6.07, 6.45) is -1.16. The summed E-state index contributed by atoms with van der Waals surface area (Å²) in [6, 6.07) is 0. The Morgan fingerprint density at radius 1 is 1.50 bits per heavy atom. The highest BCUT2D eigenvalue weighted by molar-refractivity contribution is 7.86. The van der Waals surface area contributed by atoms with Gasteiger partial charge in [0.15, 0.2) is 0 Å². The molecule has 0 aromatic carbocycles. The van der Waals surface area contributed by atoms with Gasteiger partial charge in [-0.1, -0.05) is 0 Å². The van der Waals surface area contributed by atoms with E-state index in [4.69, 9.17) is 10.8 Å². The van der Waals surface area contributed by atoms with Crippen LogP contribution in [0.4, 0.5) is 4.39 Å². The first kappa shape index (κ1) is 13.2. The van der Waals surface area contributed by atoms with Crippen LogP contribution in [-0.4, -0.2) is 43.4 Å². The minimum absolute atomic E-state index is 0.306. The van der Waals surface area contributed by atoms with Crippen LogP contribution in [0.3, 0.4) is 0 Å². The van der Waals surface area contributed by atoms with Gasteiger partial charge in [-0.25, -0.2) is 4.39 Å². The fourth-order valence-electron chi connectivity index (χ4n) is 2.88. The SMILES string of the molecule is CS(=O)(=O)OC(=O)C1CC(F)C2C(C(=O)O)C12N. The first-order valence-corrected chi connectivity index (χ1v) is 6.99. The maximum absolute atomic E-state index is 13.6. The molecule has 0 spiro atoms. The van der Waals surface area contributed by atoms with Gasteiger partial charge in [0.25, 0.3) is 0 Å². The molecular weight excluding hydrogens is 269 g/mol. The van der Waals surface area contributed by atoms with Crippen molar-refractivity contribution in [3.63, 3.8) is 0 Å². The van der Waals surface area contributed by atoms with Crippen molar-refractivity contribution in [2.45, 2.75) is 18.1 Å². The van der Waals surface area contributed by atoms with Gasteiger partial charge >= 0.3 is 22.1 Å². The van der Waals surface area contributed by atoms with Crippen molar-refractivity contribution in [2.75, 3.05) is 6.26 Å². The molecule has 2 aliphatic rings. The molecule has 3 N–H and O–H groups in total. The first-order valence-electron chi connectivity index (χ1n) is 5.18. The molecule has 5 atom stereocenters. The molecule has 2 saturated carbocycles. The number of hydrogen-bond acceptors (Lipinski definition) is 6. The van der Waals surface area contributed by atoms with Gasteiger partial charge in [0, 0.05) is 11.5 Å². The minimum Gasteiger partial charge on any atom is -0.481 e. The zero-order valence-corrected chi connectivity index (χ0v) is 10.2. The standard InChI is InChI=1S/C9H12FNO6S/c1-18(15,16)17-8(14)3-2-4(10)5-6(7(12)13)9(3,5)11/h3-6H,2,11H2,1H3,(H,12,13). The lowest BCUT2D eigenvalue weighted by Crippen LogP contribution is -2.41. The lowest BCUT2D eigenvalue weighted by atomic mass is 9.95. The molecule has 18 heavy (non-hydrogen) atoms. The summed E-state index contributed by atoms with van der Waals surface area (Å²) in [7, 11) is -4.02. The summed E-state index contributed by atoms with van der Waals surface area (Å²) in [5.74, 6) is -5.84. The van der Waals surface area contributed by atoms with Crippen LogP contribution in [0.1, 0.15) is 6.42 Å². The van der Waals surface area contributed by atoms with Crippen LogP contribution in [0.5, 0.6) is 0 Å². The Labute approximate surface area is 102 Å². The fraction of sp³-hybridized carbons (Fsp3) is 0.778. The van der Waals surface area contributed by atoms with Crippen molar-refractivity contribution < 1.29 is 31.7 Å². The molecule has 2 fully saturated rings. The molecule has 0 heterocycles. The number of halogens is 1. The fourth-order valence-corrected chi connectivity index (χ4v) is 3.29. The molecule has 0 aromatic rings. The van der Waals surface area contributed by atoms with E-state index in [0.717, 1.165) is 0 Å². The van der Waals surface area contributed by atoms with Gasteiger partial charge in [0.05, 0.1) is 18.1 Å². The van der Waals surface area contributed by atoms with Crippen LogP contribution in [0.15, 0.2) is 0 Å². The van der Waals surface area contributed by atoms with E-state index >= 15 is 0 Å². The molecule has 0 bridgehead atoms. The normalized spacial score (nSPS) is 42.2. The van der Waals surface area contributed by atoms with Gasteiger partial charge in [-0.15, -0.1) is 0 Å². The van der Waals surface area contributed by atoms with Crippen molar-refractivity contribution in [1.82, 2.24) is 0 Å². The van der Waals surface area contributed by atoms with Crippen molar-refractivity contribution in [2.24, 2.45) is 23.5 Å². The number of carbonyl (C=O) groups is 2.